The van der Waals surface area contributed by atoms with Crippen LogP contribution in [-0.4, -0.2) is 16.6 Å². The Morgan fingerprint density at radius 3 is 2.87 bits per heavy atom. The standard InChI is InChI=1S/C11H19N3S/c1-12-10(11-8-13-14-15-11)7-9-5-3-2-4-6-9/h8-10,12H,2-7H2,1H3. The van der Waals surface area contributed by atoms with Crippen LogP contribution in [0.2, 0.25) is 0 Å². The Hall–Kier alpha value is -0.480. The molecule has 2 rings (SSSR count). The van der Waals surface area contributed by atoms with Crippen LogP contribution in [0.15, 0.2) is 6.20 Å². The molecule has 1 atom stereocenters. The van der Waals surface area contributed by atoms with E-state index in [1.54, 1.807) is 0 Å². The number of hydrogen-bond donors (Lipinski definition) is 1. The lowest BCUT2D eigenvalue weighted by Gasteiger charge is -2.25. The molecule has 0 radical (unpaired) electrons. The van der Waals surface area contributed by atoms with Gasteiger partial charge in [-0.2, -0.15) is 0 Å². The first kappa shape index (κ1) is 11.0. The van der Waals surface area contributed by atoms with Gasteiger partial charge in [-0.15, -0.1) is 5.10 Å². The van der Waals surface area contributed by atoms with Gasteiger partial charge in [-0.3, -0.25) is 0 Å². The molecule has 1 aliphatic carbocycles. The molecule has 1 aromatic rings. The molecule has 1 heterocycles. The SMILES string of the molecule is CNC(CC1CCCCC1)c1cnns1. The van der Waals surface area contributed by atoms with Crippen LogP contribution in [0.3, 0.4) is 0 Å². The van der Waals surface area contributed by atoms with E-state index in [4.69, 9.17) is 0 Å². The van der Waals surface area contributed by atoms with Crippen molar-refractivity contribution in [2.24, 2.45) is 5.92 Å². The van der Waals surface area contributed by atoms with E-state index in [2.05, 4.69) is 14.9 Å². The third-order valence-electron chi connectivity index (χ3n) is 3.36. The number of nitrogens with zero attached hydrogens (tertiary/aromatic N) is 2. The third kappa shape index (κ3) is 2.98. The average Bonchev–Trinajstić information content (AvgIpc) is 2.81. The summed E-state index contributed by atoms with van der Waals surface area (Å²) in [5.74, 6) is 0.901. The summed E-state index contributed by atoms with van der Waals surface area (Å²) in [6.45, 7) is 0. The van der Waals surface area contributed by atoms with E-state index >= 15 is 0 Å². The van der Waals surface area contributed by atoms with Crippen LogP contribution in [0.4, 0.5) is 0 Å². The minimum Gasteiger partial charge on any atom is -0.312 e. The Bertz CT molecular complexity index is 267. The summed E-state index contributed by atoms with van der Waals surface area (Å²) in [4.78, 5) is 1.28. The fraction of sp³-hybridized carbons (Fsp3) is 0.818. The Labute approximate surface area is 95.4 Å². The molecule has 1 unspecified atom stereocenters. The zero-order chi connectivity index (χ0) is 10.5. The molecule has 0 saturated heterocycles. The molecule has 84 valence electrons. The van der Waals surface area contributed by atoms with Crippen molar-refractivity contribution in [3.05, 3.63) is 11.1 Å². The molecule has 3 nitrogen and oxygen atoms in total. The van der Waals surface area contributed by atoms with Crippen LogP contribution < -0.4 is 5.32 Å². The summed E-state index contributed by atoms with van der Waals surface area (Å²) in [5.41, 5.74) is 0. The van der Waals surface area contributed by atoms with Crippen molar-refractivity contribution in [2.75, 3.05) is 7.05 Å². The van der Waals surface area contributed by atoms with Gasteiger partial charge in [-0.05, 0) is 30.9 Å². The van der Waals surface area contributed by atoms with E-state index in [1.165, 1.54) is 54.9 Å². The monoisotopic (exact) mass is 225 g/mol. The molecule has 0 aliphatic heterocycles. The molecule has 0 amide bonds. The van der Waals surface area contributed by atoms with Gasteiger partial charge in [0.2, 0.25) is 0 Å². The van der Waals surface area contributed by atoms with Crippen LogP contribution in [0.1, 0.15) is 49.4 Å². The van der Waals surface area contributed by atoms with Gasteiger partial charge in [0.25, 0.3) is 0 Å². The molecule has 1 aromatic heterocycles. The minimum absolute atomic E-state index is 0.466. The fourth-order valence-electron chi connectivity index (χ4n) is 2.46. The molecule has 1 saturated carbocycles. The van der Waals surface area contributed by atoms with E-state index in [9.17, 15) is 0 Å². The first-order valence-corrected chi connectivity index (χ1v) is 6.62. The van der Waals surface area contributed by atoms with Crippen LogP contribution in [-0.2, 0) is 0 Å². The molecule has 0 aromatic carbocycles. The maximum Gasteiger partial charge on any atom is 0.0669 e. The highest BCUT2D eigenvalue weighted by Crippen LogP contribution is 2.32. The molecule has 0 bridgehead atoms. The number of hydrogen-bond acceptors (Lipinski definition) is 4. The quantitative estimate of drug-likeness (QED) is 0.856. The van der Waals surface area contributed by atoms with Crippen LogP contribution >= 0.6 is 11.5 Å². The predicted molar refractivity (Wildman–Crippen MR) is 62.9 cm³/mol. The first-order chi connectivity index (χ1) is 7.40. The molecule has 1 fully saturated rings. The molecule has 1 aliphatic rings. The second kappa shape index (κ2) is 5.56. The second-order valence-electron chi connectivity index (χ2n) is 4.40. The summed E-state index contributed by atoms with van der Waals surface area (Å²) in [6, 6.07) is 0.466. The molecule has 0 spiro atoms. The van der Waals surface area contributed by atoms with Gasteiger partial charge in [0.15, 0.2) is 0 Å². The Balaban J connectivity index is 1.90. The van der Waals surface area contributed by atoms with Crippen LogP contribution in [0.5, 0.6) is 0 Å². The van der Waals surface area contributed by atoms with Crippen molar-refractivity contribution in [3.8, 4) is 0 Å². The van der Waals surface area contributed by atoms with Crippen molar-refractivity contribution in [1.82, 2.24) is 14.9 Å². The van der Waals surface area contributed by atoms with Gasteiger partial charge in [-0.25, -0.2) is 0 Å². The summed E-state index contributed by atoms with van der Waals surface area (Å²) in [5, 5.41) is 7.29. The topological polar surface area (TPSA) is 37.8 Å². The maximum absolute atomic E-state index is 3.94. The van der Waals surface area contributed by atoms with Crippen molar-refractivity contribution in [3.63, 3.8) is 0 Å². The molecular formula is C11H19N3S. The average molecular weight is 225 g/mol. The second-order valence-corrected chi connectivity index (χ2v) is 5.22. The normalized spacial score (nSPS) is 20.3. The van der Waals surface area contributed by atoms with Gasteiger partial charge < -0.3 is 5.32 Å². The van der Waals surface area contributed by atoms with Crippen LogP contribution in [0.25, 0.3) is 0 Å². The smallest absolute Gasteiger partial charge is 0.0669 e. The van der Waals surface area contributed by atoms with Gasteiger partial charge in [0.1, 0.15) is 0 Å². The first-order valence-electron chi connectivity index (χ1n) is 5.84. The Morgan fingerprint density at radius 2 is 2.27 bits per heavy atom. The third-order valence-corrected chi connectivity index (χ3v) is 4.14. The number of aromatic nitrogens is 2. The zero-order valence-electron chi connectivity index (χ0n) is 9.28. The minimum atomic E-state index is 0.466. The zero-order valence-corrected chi connectivity index (χ0v) is 10.1. The Kier molecular flexibility index (Phi) is 4.09. The summed E-state index contributed by atoms with van der Waals surface area (Å²) in [6.07, 6.45) is 10.2. The lowest BCUT2D eigenvalue weighted by molar-refractivity contribution is 0.307. The van der Waals surface area contributed by atoms with Crippen molar-refractivity contribution in [2.45, 2.75) is 44.6 Å². The molecular weight excluding hydrogens is 206 g/mol. The number of nitrogens with one attached hydrogen (secondary N) is 1. The summed E-state index contributed by atoms with van der Waals surface area (Å²) >= 11 is 1.52. The predicted octanol–water partition coefficient (Wildman–Crippen LogP) is 2.77. The van der Waals surface area contributed by atoms with Gasteiger partial charge in [0.05, 0.1) is 11.1 Å². The maximum atomic E-state index is 3.94. The lowest BCUT2D eigenvalue weighted by Crippen LogP contribution is -2.20. The van der Waals surface area contributed by atoms with Crippen LogP contribution in [0, 0.1) is 5.92 Å². The Morgan fingerprint density at radius 1 is 1.47 bits per heavy atom. The van der Waals surface area contributed by atoms with E-state index < -0.39 is 0 Å². The largest absolute Gasteiger partial charge is 0.312 e. The van der Waals surface area contributed by atoms with Crippen molar-refractivity contribution in [1.29, 1.82) is 0 Å². The van der Waals surface area contributed by atoms with Gasteiger partial charge in [-0.1, -0.05) is 36.6 Å². The van der Waals surface area contributed by atoms with E-state index in [1.807, 2.05) is 13.2 Å². The molecule has 15 heavy (non-hydrogen) atoms. The van der Waals surface area contributed by atoms with E-state index in [0.29, 0.717) is 6.04 Å². The fourth-order valence-corrected chi connectivity index (χ4v) is 3.08. The lowest BCUT2D eigenvalue weighted by atomic mass is 9.84. The molecule has 4 heteroatoms. The van der Waals surface area contributed by atoms with Gasteiger partial charge >= 0.3 is 0 Å². The van der Waals surface area contributed by atoms with E-state index in [-0.39, 0.29) is 0 Å². The van der Waals surface area contributed by atoms with Crippen molar-refractivity contribution < 1.29 is 0 Å². The highest BCUT2D eigenvalue weighted by molar-refractivity contribution is 7.05. The highest BCUT2D eigenvalue weighted by Gasteiger charge is 2.20. The summed E-state index contributed by atoms with van der Waals surface area (Å²) < 4.78 is 3.94. The summed E-state index contributed by atoms with van der Waals surface area (Å²) in [7, 11) is 2.03. The molecule has 1 N–H and O–H groups in total. The van der Waals surface area contributed by atoms with Crippen molar-refractivity contribution >= 4 is 11.5 Å². The number of rotatable bonds is 4. The highest BCUT2D eigenvalue weighted by atomic mass is 32.1. The van der Waals surface area contributed by atoms with E-state index in [0.717, 1.165) is 5.92 Å². The van der Waals surface area contributed by atoms with Gasteiger partial charge in [0, 0.05) is 6.04 Å².